The van der Waals surface area contributed by atoms with Crippen LogP contribution in [-0.2, 0) is 0 Å². The minimum absolute atomic E-state index is 0.128. The molecule has 0 aliphatic rings. The van der Waals surface area contributed by atoms with E-state index in [1.54, 1.807) is 14.0 Å². The number of amides is 1. The van der Waals surface area contributed by atoms with Crippen LogP contribution in [0.15, 0.2) is 0 Å². The molecule has 0 unspecified atom stereocenters. The molecule has 1 amide bonds. The van der Waals surface area contributed by atoms with E-state index in [-0.39, 0.29) is 5.91 Å². The van der Waals surface area contributed by atoms with Gasteiger partial charge in [-0.1, -0.05) is 11.3 Å². The molecule has 1 aromatic heterocycles. The highest BCUT2D eigenvalue weighted by molar-refractivity contribution is 7.17. The summed E-state index contributed by atoms with van der Waals surface area (Å²) in [4.78, 5) is 15.6. The van der Waals surface area contributed by atoms with Crippen molar-refractivity contribution in [3.05, 3.63) is 10.6 Å². The molecule has 1 heterocycles. The summed E-state index contributed by atoms with van der Waals surface area (Å²) < 4.78 is 0. The van der Waals surface area contributed by atoms with Gasteiger partial charge in [-0.3, -0.25) is 4.79 Å². The number of hydrogen-bond acceptors (Lipinski definition) is 4. The van der Waals surface area contributed by atoms with E-state index in [2.05, 4.69) is 10.3 Å². The van der Waals surface area contributed by atoms with Gasteiger partial charge in [0.15, 0.2) is 5.13 Å². The van der Waals surface area contributed by atoms with Gasteiger partial charge < -0.3 is 11.1 Å². The fourth-order valence-electron chi connectivity index (χ4n) is 0.741. The van der Waals surface area contributed by atoms with Gasteiger partial charge in [-0.2, -0.15) is 0 Å². The summed E-state index contributed by atoms with van der Waals surface area (Å²) in [7, 11) is 1.58. The summed E-state index contributed by atoms with van der Waals surface area (Å²) in [5, 5.41) is 2.94. The maximum absolute atomic E-state index is 11.1. The van der Waals surface area contributed by atoms with Crippen molar-refractivity contribution in [3.8, 4) is 0 Å². The first-order valence-corrected chi connectivity index (χ1v) is 3.91. The van der Waals surface area contributed by atoms with Crippen LogP contribution in [0.3, 0.4) is 0 Å². The SMILES string of the molecule is CNC(=O)c1sc(N)nc1C. The number of nitrogens with zero attached hydrogens (tertiary/aromatic N) is 1. The van der Waals surface area contributed by atoms with Crippen LogP contribution in [-0.4, -0.2) is 17.9 Å². The molecule has 0 fully saturated rings. The summed E-state index contributed by atoms with van der Waals surface area (Å²) >= 11 is 1.20. The van der Waals surface area contributed by atoms with Gasteiger partial charge in [-0.25, -0.2) is 4.98 Å². The first-order valence-electron chi connectivity index (χ1n) is 3.10. The zero-order valence-corrected chi connectivity index (χ0v) is 7.16. The Balaban J connectivity index is 3.03. The Morgan fingerprint density at radius 2 is 2.36 bits per heavy atom. The molecule has 5 heteroatoms. The predicted octanol–water partition coefficient (Wildman–Crippen LogP) is 0.393. The number of anilines is 1. The van der Waals surface area contributed by atoms with Crippen molar-refractivity contribution < 1.29 is 4.79 Å². The zero-order valence-electron chi connectivity index (χ0n) is 6.34. The number of thiazole rings is 1. The quantitative estimate of drug-likeness (QED) is 0.642. The molecule has 4 nitrogen and oxygen atoms in total. The summed E-state index contributed by atoms with van der Waals surface area (Å²) in [6.45, 7) is 1.76. The summed E-state index contributed by atoms with van der Waals surface area (Å²) in [6.07, 6.45) is 0. The molecule has 0 aromatic carbocycles. The molecular weight excluding hydrogens is 162 g/mol. The number of hydrogen-bond donors (Lipinski definition) is 2. The number of nitrogens with one attached hydrogen (secondary N) is 1. The molecule has 1 rings (SSSR count). The molecule has 0 aliphatic heterocycles. The summed E-state index contributed by atoms with van der Waals surface area (Å²) in [5.41, 5.74) is 6.09. The third kappa shape index (κ3) is 1.48. The molecule has 11 heavy (non-hydrogen) atoms. The second-order valence-corrected chi connectivity index (χ2v) is 3.08. The first kappa shape index (κ1) is 8.00. The Bertz CT molecular complexity index is 281. The van der Waals surface area contributed by atoms with Crippen molar-refractivity contribution >= 4 is 22.4 Å². The first-order chi connectivity index (χ1) is 5.15. The van der Waals surface area contributed by atoms with Gasteiger partial charge in [0, 0.05) is 7.05 Å². The van der Waals surface area contributed by atoms with Crippen LogP contribution in [0.2, 0.25) is 0 Å². The second-order valence-electron chi connectivity index (χ2n) is 2.05. The van der Waals surface area contributed by atoms with E-state index in [0.29, 0.717) is 15.7 Å². The fourth-order valence-corrected chi connectivity index (χ4v) is 1.52. The molecular formula is C6H9N3OS. The van der Waals surface area contributed by atoms with Gasteiger partial charge >= 0.3 is 0 Å². The Morgan fingerprint density at radius 1 is 1.73 bits per heavy atom. The number of rotatable bonds is 1. The van der Waals surface area contributed by atoms with Crippen molar-refractivity contribution in [1.29, 1.82) is 0 Å². The van der Waals surface area contributed by atoms with Crippen molar-refractivity contribution in [2.75, 3.05) is 12.8 Å². The third-order valence-electron chi connectivity index (χ3n) is 1.25. The molecule has 0 saturated heterocycles. The van der Waals surface area contributed by atoms with Crippen LogP contribution in [0, 0.1) is 6.92 Å². The van der Waals surface area contributed by atoms with E-state index < -0.39 is 0 Å². The van der Waals surface area contributed by atoms with Crippen molar-refractivity contribution in [1.82, 2.24) is 10.3 Å². The highest BCUT2D eigenvalue weighted by atomic mass is 32.1. The van der Waals surface area contributed by atoms with Crippen molar-refractivity contribution in [3.63, 3.8) is 0 Å². The maximum atomic E-state index is 11.1. The lowest BCUT2D eigenvalue weighted by atomic mass is 10.4. The molecule has 0 saturated carbocycles. The van der Waals surface area contributed by atoms with E-state index in [9.17, 15) is 4.79 Å². The topological polar surface area (TPSA) is 68.0 Å². The van der Waals surface area contributed by atoms with Crippen LogP contribution in [0.5, 0.6) is 0 Å². The lowest BCUT2D eigenvalue weighted by molar-refractivity contribution is 0.0966. The Labute approximate surface area is 68.4 Å². The Hall–Kier alpha value is -1.10. The largest absolute Gasteiger partial charge is 0.375 e. The number of nitrogens with two attached hydrogens (primary N) is 1. The molecule has 0 atom stereocenters. The molecule has 0 radical (unpaired) electrons. The lowest BCUT2D eigenvalue weighted by Crippen LogP contribution is -2.17. The predicted molar refractivity (Wildman–Crippen MR) is 44.7 cm³/mol. The van der Waals surface area contributed by atoms with Crippen LogP contribution >= 0.6 is 11.3 Å². The maximum Gasteiger partial charge on any atom is 0.263 e. The number of carbonyl (C=O) groups excluding carboxylic acids is 1. The van der Waals surface area contributed by atoms with Gasteiger partial charge in [0.1, 0.15) is 4.88 Å². The van der Waals surface area contributed by atoms with Gasteiger partial charge in [0.2, 0.25) is 0 Å². The van der Waals surface area contributed by atoms with Crippen LogP contribution < -0.4 is 11.1 Å². The standard InChI is InChI=1S/C6H9N3OS/c1-3-4(5(10)8-2)11-6(7)9-3/h1-2H3,(H2,7,9)(H,8,10). The summed E-state index contributed by atoms with van der Waals surface area (Å²) in [5.74, 6) is -0.128. The van der Waals surface area contributed by atoms with Crippen LogP contribution in [0.4, 0.5) is 5.13 Å². The Morgan fingerprint density at radius 3 is 2.73 bits per heavy atom. The smallest absolute Gasteiger partial charge is 0.263 e. The van der Waals surface area contributed by atoms with Crippen molar-refractivity contribution in [2.24, 2.45) is 0 Å². The fraction of sp³-hybridized carbons (Fsp3) is 0.333. The van der Waals surface area contributed by atoms with Gasteiger partial charge in [0.05, 0.1) is 5.69 Å². The van der Waals surface area contributed by atoms with Gasteiger partial charge in [-0.05, 0) is 6.92 Å². The minimum Gasteiger partial charge on any atom is -0.375 e. The molecule has 1 aromatic rings. The van der Waals surface area contributed by atoms with Crippen LogP contribution in [0.1, 0.15) is 15.4 Å². The normalized spacial score (nSPS) is 9.64. The van der Waals surface area contributed by atoms with Crippen molar-refractivity contribution in [2.45, 2.75) is 6.92 Å². The number of aryl methyl sites for hydroxylation is 1. The molecule has 0 aliphatic carbocycles. The van der Waals surface area contributed by atoms with Gasteiger partial charge in [0.25, 0.3) is 5.91 Å². The number of aromatic nitrogens is 1. The lowest BCUT2D eigenvalue weighted by Gasteiger charge is -1.93. The van der Waals surface area contributed by atoms with E-state index in [0.717, 1.165) is 0 Å². The van der Waals surface area contributed by atoms with E-state index >= 15 is 0 Å². The highest BCUT2D eigenvalue weighted by Gasteiger charge is 2.11. The Kier molecular flexibility index (Phi) is 2.09. The minimum atomic E-state index is -0.128. The molecule has 60 valence electrons. The second kappa shape index (κ2) is 2.87. The average Bonchev–Trinajstić information content (AvgIpc) is 2.28. The molecule has 0 bridgehead atoms. The van der Waals surface area contributed by atoms with E-state index in [1.165, 1.54) is 11.3 Å². The average molecular weight is 171 g/mol. The third-order valence-corrected chi connectivity index (χ3v) is 2.23. The highest BCUT2D eigenvalue weighted by Crippen LogP contribution is 2.18. The number of carbonyl (C=O) groups is 1. The zero-order chi connectivity index (χ0) is 8.43. The van der Waals surface area contributed by atoms with Gasteiger partial charge in [-0.15, -0.1) is 0 Å². The molecule has 0 spiro atoms. The number of nitrogen functional groups attached to an aromatic ring is 1. The van der Waals surface area contributed by atoms with E-state index in [1.807, 2.05) is 0 Å². The molecule has 3 N–H and O–H groups in total. The van der Waals surface area contributed by atoms with E-state index in [4.69, 9.17) is 5.73 Å². The summed E-state index contributed by atoms with van der Waals surface area (Å²) in [6, 6.07) is 0. The van der Waals surface area contributed by atoms with Crippen LogP contribution in [0.25, 0.3) is 0 Å². The monoisotopic (exact) mass is 171 g/mol.